The number of carbonyl (C=O) groups excluding carboxylic acids is 2. The number of amides is 1. The number of alkyl carbamates (subject to hydrolysis) is 1. The van der Waals surface area contributed by atoms with E-state index >= 15 is 0 Å². The Labute approximate surface area is 174 Å². The van der Waals surface area contributed by atoms with Crippen LogP contribution in [0, 0.1) is 10.1 Å². The van der Waals surface area contributed by atoms with E-state index in [1.54, 1.807) is 31.2 Å². The molecule has 1 aromatic rings. The van der Waals surface area contributed by atoms with E-state index in [9.17, 15) is 24.8 Å². The molecular formula is C19H28N2O9. The second-order valence-electron chi connectivity index (χ2n) is 6.26. The molecule has 0 saturated heterocycles. The predicted molar refractivity (Wildman–Crippen MR) is 104 cm³/mol. The molecule has 1 amide bonds. The van der Waals surface area contributed by atoms with Gasteiger partial charge in [0.1, 0.15) is 12.7 Å². The minimum absolute atomic E-state index is 0.0369. The van der Waals surface area contributed by atoms with Crippen molar-refractivity contribution >= 4 is 12.1 Å². The number of benzene rings is 1. The zero-order valence-corrected chi connectivity index (χ0v) is 17.2. The van der Waals surface area contributed by atoms with Crippen molar-refractivity contribution in [3.63, 3.8) is 0 Å². The van der Waals surface area contributed by atoms with Gasteiger partial charge in [-0.25, -0.2) is 4.79 Å². The van der Waals surface area contributed by atoms with Gasteiger partial charge in [-0.2, -0.15) is 0 Å². The maximum Gasteiger partial charge on any atom is 0.407 e. The second-order valence-corrected chi connectivity index (χ2v) is 6.26. The van der Waals surface area contributed by atoms with Gasteiger partial charge in [-0.15, -0.1) is 0 Å². The summed E-state index contributed by atoms with van der Waals surface area (Å²) in [6.07, 6.45) is -4.31. The van der Waals surface area contributed by atoms with E-state index in [1.807, 2.05) is 6.07 Å². The maximum absolute atomic E-state index is 12.2. The number of carbonyl (C=O) groups is 2. The van der Waals surface area contributed by atoms with E-state index in [0.717, 1.165) is 5.56 Å². The molecule has 0 heterocycles. The molecule has 0 aliphatic heterocycles. The highest BCUT2D eigenvalue weighted by Crippen LogP contribution is 2.16. The number of ether oxygens (including phenoxy) is 4. The minimum atomic E-state index is -1.73. The number of nitro groups is 1. The van der Waals surface area contributed by atoms with Crippen LogP contribution in [-0.4, -0.2) is 67.4 Å². The lowest BCUT2D eigenvalue weighted by Crippen LogP contribution is -2.55. The minimum Gasteiger partial charge on any atom is -0.466 e. The van der Waals surface area contributed by atoms with E-state index in [0.29, 0.717) is 0 Å². The van der Waals surface area contributed by atoms with Gasteiger partial charge in [0.25, 0.3) is 6.04 Å². The van der Waals surface area contributed by atoms with Crippen molar-refractivity contribution < 1.29 is 38.6 Å². The highest BCUT2D eigenvalue weighted by Gasteiger charge is 2.44. The summed E-state index contributed by atoms with van der Waals surface area (Å²) in [6.45, 7) is 1.75. The monoisotopic (exact) mass is 428 g/mol. The Bertz CT molecular complexity index is 667. The topological polar surface area (TPSA) is 146 Å². The van der Waals surface area contributed by atoms with Gasteiger partial charge < -0.3 is 29.4 Å². The number of esters is 1. The highest BCUT2D eigenvalue weighted by molar-refractivity contribution is 5.70. The van der Waals surface area contributed by atoms with Crippen LogP contribution in [0.4, 0.5) is 4.79 Å². The molecule has 0 aliphatic carbocycles. The lowest BCUT2D eigenvalue weighted by atomic mass is 9.98. The summed E-state index contributed by atoms with van der Waals surface area (Å²) in [4.78, 5) is 34.6. The Hall–Kier alpha value is -2.76. The summed E-state index contributed by atoms with van der Waals surface area (Å²) < 4.78 is 19.8. The smallest absolute Gasteiger partial charge is 0.407 e. The lowest BCUT2D eigenvalue weighted by Gasteiger charge is -2.28. The van der Waals surface area contributed by atoms with Crippen molar-refractivity contribution in [3.05, 3.63) is 46.0 Å². The van der Waals surface area contributed by atoms with Gasteiger partial charge in [0.15, 0.2) is 0 Å². The van der Waals surface area contributed by atoms with Gasteiger partial charge >= 0.3 is 12.1 Å². The third-order valence-electron chi connectivity index (χ3n) is 4.23. The van der Waals surface area contributed by atoms with Crippen molar-refractivity contribution in [2.45, 2.75) is 50.8 Å². The zero-order chi connectivity index (χ0) is 22.5. The first-order valence-electron chi connectivity index (χ1n) is 9.34. The number of aliphatic hydroxyl groups excluding tert-OH is 1. The van der Waals surface area contributed by atoms with Crippen LogP contribution in [0.25, 0.3) is 0 Å². The van der Waals surface area contributed by atoms with Crippen LogP contribution < -0.4 is 5.32 Å². The van der Waals surface area contributed by atoms with Crippen LogP contribution in [0.15, 0.2) is 30.3 Å². The molecule has 3 atom stereocenters. The molecule has 1 aromatic carbocycles. The standard InChI is InChI=1S/C19H28N2O9/c1-4-29-15(22)11-10-14(17(23)16(21(25)26)18(27-2)28-3)20-19(24)30-12-13-8-6-5-7-9-13/h5-9,14,16-18,23H,4,10-12H2,1-3H3,(H,20,24)/t14-,16+,17-/m0/s1. The number of aliphatic hydroxyl groups is 1. The van der Waals surface area contributed by atoms with Gasteiger partial charge in [0, 0.05) is 25.6 Å². The molecule has 0 unspecified atom stereocenters. The van der Waals surface area contributed by atoms with Crippen LogP contribution >= 0.6 is 0 Å². The fourth-order valence-electron chi connectivity index (χ4n) is 2.75. The SMILES string of the molecule is CCOC(=O)CC[C@H](NC(=O)OCc1ccccc1)[C@H](O)[C@H](C(OC)OC)[N+](=O)[O-]. The molecule has 0 bridgehead atoms. The summed E-state index contributed by atoms with van der Waals surface area (Å²) in [5.41, 5.74) is 0.735. The molecule has 11 nitrogen and oxygen atoms in total. The van der Waals surface area contributed by atoms with Crippen molar-refractivity contribution in [1.82, 2.24) is 5.32 Å². The fourth-order valence-corrected chi connectivity index (χ4v) is 2.75. The van der Waals surface area contributed by atoms with Crippen molar-refractivity contribution in [2.24, 2.45) is 0 Å². The Kier molecular flexibility index (Phi) is 11.3. The summed E-state index contributed by atoms with van der Waals surface area (Å²) >= 11 is 0. The van der Waals surface area contributed by atoms with Crippen LogP contribution in [0.2, 0.25) is 0 Å². The first kappa shape index (κ1) is 25.3. The van der Waals surface area contributed by atoms with Gasteiger partial charge in [0.05, 0.1) is 12.6 Å². The third-order valence-corrected chi connectivity index (χ3v) is 4.23. The Morgan fingerprint density at radius 2 is 1.80 bits per heavy atom. The normalized spacial score (nSPS) is 13.9. The highest BCUT2D eigenvalue weighted by atomic mass is 16.7. The first-order valence-corrected chi connectivity index (χ1v) is 9.34. The molecular weight excluding hydrogens is 400 g/mol. The third kappa shape index (κ3) is 8.31. The molecule has 0 radical (unpaired) electrons. The average Bonchev–Trinajstić information content (AvgIpc) is 2.73. The molecule has 0 spiro atoms. The van der Waals surface area contributed by atoms with Crippen molar-refractivity contribution in [2.75, 3.05) is 20.8 Å². The summed E-state index contributed by atoms with van der Waals surface area (Å²) in [5, 5.41) is 24.5. The quantitative estimate of drug-likeness (QED) is 0.205. The average molecular weight is 428 g/mol. The Balaban J connectivity index is 2.88. The first-order chi connectivity index (χ1) is 14.3. The van der Waals surface area contributed by atoms with Gasteiger partial charge in [0.2, 0.25) is 6.29 Å². The van der Waals surface area contributed by atoms with E-state index in [1.165, 1.54) is 14.2 Å². The van der Waals surface area contributed by atoms with E-state index < -0.39 is 41.5 Å². The van der Waals surface area contributed by atoms with Gasteiger partial charge in [-0.1, -0.05) is 30.3 Å². The fraction of sp³-hybridized carbons (Fsp3) is 0.579. The maximum atomic E-state index is 12.2. The zero-order valence-electron chi connectivity index (χ0n) is 17.2. The summed E-state index contributed by atoms with van der Waals surface area (Å²) in [7, 11) is 2.37. The van der Waals surface area contributed by atoms with Gasteiger partial charge in [-0.3, -0.25) is 14.9 Å². The molecule has 30 heavy (non-hydrogen) atoms. The van der Waals surface area contributed by atoms with Crippen molar-refractivity contribution in [1.29, 1.82) is 0 Å². The van der Waals surface area contributed by atoms with E-state index in [4.69, 9.17) is 18.9 Å². The number of hydrogen-bond donors (Lipinski definition) is 2. The molecule has 11 heteroatoms. The molecule has 1 rings (SSSR count). The van der Waals surface area contributed by atoms with E-state index in [-0.39, 0.29) is 26.1 Å². The summed E-state index contributed by atoms with van der Waals surface area (Å²) in [5.74, 6) is -0.568. The number of methoxy groups -OCH3 is 2. The molecule has 0 aliphatic rings. The van der Waals surface area contributed by atoms with Crippen LogP contribution in [0.5, 0.6) is 0 Å². The summed E-state index contributed by atoms with van der Waals surface area (Å²) in [6, 6.07) is 5.96. The van der Waals surface area contributed by atoms with E-state index in [2.05, 4.69) is 5.32 Å². The number of rotatable bonds is 13. The number of nitrogens with one attached hydrogen (secondary N) is 1. The number of nitrogens with zero attached hydrogens (tertiary/aromatic N) is 1. The van der Waals surface area contributed by atoms with Crippen LogP contribution in [0.3, 0.4) is 0 Å². The predicted octanol–water partition coefficient (Wildman–Crippen LogP) is 1.25. The van der Waals surface area contributed by atoms with Gasteiger partial charge in [-0.05, 0) is 18.9 Å². The Morgan fingerprint density at radius 1 is 1.17 bits per heavy atom. The van der Waals surface area contributed by atoms with Crippen LogP contribution in [0.1, 0.15) is 25.3 Å². The molecule has 0 aromatic heterocycles. The molecule has 2 N–H and O–H groups in total. The van der Waals surface area contributed by atoms with Crippen molar-refractivity contribution in [3.8, 4) is 0 Å². The number of hydrogen-bond acceptors (Lipinski definition) is 9. The molecule has 0 saturated carbocycles. The molecule has 168 valence electrons. The van der Waals surface area contributed by atoms with Crippen LogP contribution in [-0.2, 0) is 30.3 Å². The second kappa shape index (κ2) is 13.5. The lowest BCUT2D eigenvalue weighted by molar-refractivity contribution is -0.560. The molecule has 0 fully saturated rings. The largest absolute Gasteiger partial charge is 0.466 e. The Morgan fingerprint density at radius 3 is 2.33 bits per heavy atom.